The van der Waals surface area contributed by atoms with Gasteiger partial charge >= 0.3 is 0 Å². The fraction of sp³-hybridized carbons (Fsp3) is 0.412. The number of nitrogens with one attached hydrogen (secondary N) is 2. The molecule has 2 aromatic rings. The Labute approximate surface area is 139 Å². The SMILES string of the molecule is O=C(NCCc1c(F)cccc1F)c1ccn(C2CCCNC2)n1. The van der Waals surface area contributed by atoms with Gasteiger partial charge in [-0.3, -0.25) is 9.48 Å². The fourth-order valence-electron chi connectivity index (χ4n) is 2.88. The largest absolute Gasteiger partial charge is 0.350 e. The summed E-state index contributed by atoms with van der Waals surface area (Å²) in [5, 5.41) is 10.3. The van der Waals surface area contributed by atoms with Gasteiger partial charge in [0.1, 0.15) is 17.3 Å². The minimum atomic E-state index is -0.599. The molecule has 0 spiro atoms. The normalized spacial score (nSPS) is 17.7. The van der Waals surface area contributed by atoms with Gasteiger partial charge < -0.3 is 10.6 Å². The first-order valence-electron chi connectivity index (χ1n) is 8.12. The number of amides is 1. The van der Waals surface area contributed by atoms with Crippen molar-refractivity contribution in [2.24, 2.45) is 0 Å². The second kappa shape index (κ2) is 7.53. The number of piperidine rings is 1. The maximum Gasteiger partial charge on any atom is 0.271 e. The van der Waals surface area contributed by atoms with Crippen LogP contribution < -0.4 is 10.6 Å². The number of carbonyl (C=O) groups excluding carboxylic acids is 1. The van der Waals surface area contributed by atoms with E-state index in [1.807, 2.05) is 0 Å². The molecule has 24 heavy (non-hydrogen) atoms. The van der Waals surface area contributed by atoms with E-state index in [-0.39, 0.29) is 30.5 Å². The number of carbonyl (C=O) groups is 1. The Kier molecular flexibility index (Phi) is 5.20. The lowest BCUT2D eigenvalue weighted by Crippen LogP contribution is -2.32. The van der Waals surface area contributed by atoms with Crippen LogP contribution in [0.5, 0.6) is 0 Å². The highest BCUT2D eigenvalue weighted by atomic mass is 19.1. The van der Waals surface area contributed by atoms with Gasteiger partial charge in [-0.1, -0.05) is 6.07 Å². The van der Waals surface area contributed by atoms with Gasteiger partial charge in [0.05, 0.1) is 6.04 Å². The zero-order valence-electron chi connectivity index (χ0n) is 13.3. The maximum atomic E-state index is 13.5. The molecule has 1 fully saturated rings. The van der Waals surface area contributed by atoms with E-state index < -0.39 is 11.6 Å². The van der Waals surface area contributed by atoms with E-state index in [9.17, 15) is 13.6 Å². The van der Waals surface area contributed by atoms with Crippen LogP contribution in [0.25, 0.3) is 0 Å². The lowest BCUT2D eigenvalue weighted by atomic mass is 10.1. The van der Waals surface area contributed by atoms with Crippen LogP contribution in [0, 0.1) is 11.6 Å². The molecule has 128 valence electrons. The third kappa shape index (κ3) is 3.79. The van der Waals surface area contributed by atoms with Crippen molar-refractivity contribution < 1.29 is 13.6 Å². The second-order valence-corrected chi connectivity index (χ2v) is 5.89. The van der Waals surface area contributed by atoms with E-state index >= 15 is 0 Å². The predicted molar refractivity (Wildman–Crippen MR) is 85.8 cm³/mol. The molecule has 7 heteroatoms. The first-order valence-corrected chi connectivity index (χ1v) is 8.12. The molecule has 1 aromatic carbocycles. The summed E-state index contributed by atoms with van der Waals surface area (Å²) in [6.07, 6.45) is 4.00. The van der Waals surface area contributed by atoms with Crippen molar-refractivity contribution in [2.45, 2.75) is 25.3 Å². The zero-order chi connectivity index (χ0) is 16.9. The number of hydrogen-bond acceptors (Lipinski definition) is 3. The molecule has 0 aliphatic carbocycles. The third-order valence-electron chi connectivity index (χ3n) is 4.21. The lowest BCUT2D eigenvalue weighted by Gasteiger charge is -2.22. The Morgan fingerprint density at radius 2 is 2.12 bits per heavy atom. The molecule has 0 bridgehead atoms. The maximum absolute atomic E-state index is 13.5. The number of benzene rings is 1. The van der Waals surface area contributed by atoms with Crippen molar-refractivity contribution in [3.8, 4) is 0 Å². The summed E-state index contributed by atoms with van der Waals surface area (Å²) in [6, 6.07) is 5.65. The monoisotopic (exact) mass is 334 g/mol. The van der Waals surface area contributed by atoms with E-state index in [0.717, 1.165) is 25.9 Å². The Hall–Kier alpha value is -2.28. The fourth-order valence-corrected chi connectivity index (χ4v) is 2.88. The van der Waals surface area contributed by atoms with Crippen molar-refractivity contribution in [1.29, 1.82) is 0 Å². The molecule has 1 atom stereocenters. The summed E-state index contributed by atoms with van der Waals surface area (Å²) in [7, 11) is 0. The summed E-state index contributed by atoms with van der Waals surface area (Å²) in [6.45, 7) is 2.00. The highest BCUT2D eigenvalue weighted by Crippen LogP contribution is 2.16. The van der Waals surface area contributed by atoms with Crippen LogP contribution in [0.4, 0.5) is 8.78 Å². The molecule has 1 aromatic heterocycles. The molecular weight excluding hydrogens is 314 g/mol. The molecular formula is C17H20F2N4O. The Bertz CT molecular complexity index is 690. The third-order valence-corrected chi connectivity index (χ3v) is 4.21. The van der Waals surface area contributed by atoms with Crippen LogP contribution in [0.3, 0.4) is 0 Å². The molecule has 1 aliphatic rings. The van der Waals surface area contributed by atoms with Crippen molar-refractivity contribution in [3.63, 3.8) is 0 Å². The Morgan fingerprint density at radius 3 is 2.83 bits per heavy atom. The number of halogens is 2. The van der Waals surface area contributed by atoms with Gasteiger partial charge in [-0.2, -0.15) is 5.10 Å². The number of nitrogens with zero attached hydrogens (tertiary/aromatic N) is 2. The van der Waals surface area contributed by atoms with E-state index in [2.05, 4.69) is 15.7 Å². The van der Waals surface area contributed by atoms with Crippen LogP contribution in [-0.4, -0.2) is 35.3 Å². The van der Waals surface area contributed by atoms with Gasteiger partial charge in [-0.15, -0.1) is 0 Å². The number of hydrogen-bond donors (Lipinski definition) is 2. The molecule has 3 rings (SSSR count). The standard InChI is InChI=1S/C17H20F2N4O/c18-14-4-1-5-15(19)13(14)6-9-21-17(24)16-7-10-23(22-16)12-3-2-8-20-11-12/h1,4-5,7,10,12,20H,2-3,6,8-9,11H2,(H,21,24). The van der Waals surface area contributed by atoms with Crippen LogP contribution in [0.2, 0.25) is 0 Å². The topological polar surface area (TPSA) is 59.0 Å². The van der Waals surface area contributed by atoms with Crippen LogP contribution in [-0.2, 0) is 6.42 Å². The molecule has 5 nitrogen and oxygen atoms in total. The molecule has 1 amide bonds. The smallest absolute Gasteiger partial charge is 0.271 e. The second-order valence-electron chi connectivity index (χ2n) is 5.89. The average Bonchev–Trinajstić information content (AvgIpc) is 3.08. The molecule has 0 saturated carbocycles. The summed E-state index contributed by atoms with van der Waals surface area (Å²) in [4.78, 5) is 12.1. The molecule has 2 N–H and O–H groups in total. The Balaban J connectivity index is 1.54. The van der Waals surface area contributed by atoms with E-state index in [0.29, 0.717) is 5.69 Å². The Morgan fingerprint density at radius 1 is 1.33 bits per heavy atom. The van der Waals surface area contributed by atoms with Gasteiger partial charge in [0.25, 0.3) is 5.91 Å². The summed E-state index contributed by atoms with van der Waals surface area (Å²) in [5.41, 5.74) is 0.297. The van der Waals surface area contributed by atoms with Gasteiger partial charge in [-0.05, 0) is 44.0 Å². The first-order chi connectivity index (χ1) is 11.6. The van der Waals surface area contributed by atoms with Crippen molar-refractivity contribution in [3.05, 3.63) is 53.4 Å². The quantitative estimate of drug-likeness (QED) is 0.880. The highest BCUT2D eigenvalue weighted by Gasteiger charge is 2.17. The van der Waals surface area contributed by atoms with Crippen LogP contribution >= 0.6 is 0 Å². The van der Waals surface area contributed by atoms with E-state index in [1.54, 1.807) is 16.9 Å². The molecule has 0 radical (unpaired) electrons. The molecule has 2 heterocycles. The van der Waals surface area contributed by atoms with Gasteiger partial charge in [0.2, 0.25) is 0 Å². The van der Waals surface area contributed by atoms with E-state index in [1.165, 1.54) is 18.2 Å². The highest BCUT2D eigenvalue weighted by molar-refractivity contribution is 5.92. The van der Waals surface area contributed by atoms with E-state index in [4.69, 9.17) is 0 Å². The van der Waals surface area contributed by atoms with Gasteiger partial charge in [0.15, 0.2) is 0 Å². The first kappa shape index (κ1) is 16.6. The van der Waals surface area contributed by atoms with Gasteiger partial charge in [-0.25, -0.2) is 8.78 Å². The predicted octanol–water partition coefficient (Wildman–Crippen LogP) is 2.06. The lowest BCUT2D eigenvalue weighted by molar-refractivity contribution is 0.0947. The minimum Gasteiger partial charge on any atom is -0.350 e. The number of rotatable bonds is 5. The van der Waals surface area contributed by atoms with Gasteiger partial charge in [0, 0.05) is 24.8 Å². The molecule has 1 saturated heterocycles. The van der Waals surface area contributed by atoms with Crippen LogP contribution in [0.15, 0.2) is 30.5 Å². The molecule has 1 unspecified atom stereocenters. The minimum absolute atomic E-state index is 0.0170. The summed E-state index contributed by atoms with van der Waals surface area (Å²) in [5.74, 6) is -1.54. The molecule has 1 aliphatic heterocycles. The van der Waals surface area contributed by atoms with Crippen molar-refractivity contribution >= 4 is 5.91 Å². The number of aromatic nitrogens is 2. The van der Waals surface area contributed by atoms with Crippen molar-refractivity contribution in [1.82, 2.24) is 20.4 Å². The van der Waals surface area contributed by atoms with Crippen LogP contribution in [0.1, 0.15) is 34.9 Å². The van der Waals surface area contributed by atoms with Crippen molar-refractivity contribution in [2.75, 3.05) is 19.6 Å². The summed E-state index contributed by atoms with van der Waals surface area (Å²) >= 11 is 0. The zero-order valence-corrected chi connectivity index (χ0v) is 13.3. The summed E-state index contributed by atoms with van der Waals surface area (Å²) < 4.78 is 28.9. The average molecular weight is 334 g/mol.